The number of carboxylic acids is 1. The Balaban J connectivity index is 1.05. The molecule has 2 aromatic carbocycles. The van der Waals surface area contributed by atoms with Gasteiger partial charge in [-0.3, -0.25) is 14.3 Å². The average Bonchev–Trinajstić information content (AvgIpc) is 3.34. The second-order valence-electron chi connectivity index (χ2n) is 15.4. The highest BCUT2D eigenvalue weighted by atomic mass is 19.3. The highest BCUT2D eigenvalue weighted by molar-refractivity contribution is 5.94. The van der Waals surface area contributed by atoms with Gasteiger partial charge in [0, 0.05) is 62.5 Å². The highest BCUT2D eigenvalue weighted by Crippen LogP contribution is 2.54. The molecule has 2 atom stereocenters. The van der Waals surface area contributed by atoms with Crippen LogP contribution in [0.2, 0.25) is 0 Å². The van der Waals surface area contributed by atoms with Crippen molar-refractivity contribution in [1.82, 2.24) is 19.6 Å². The zero-order valence-electron chi connectivity index (χ0n) is 28.1. The van der Waals surface area contributed by atoms with Crippen LogP contribution >= 0.6 is 0 Å². The lowest BCUT2D eigenvalue weighted by Crippen LogP contribution is -2.63. The zero-order chi connectivity index (χ0) is 34.6. The first-order chi connectivity index (χ1) is 23.3. The average molecular weight is 675 g/mol. The molecule has 3 heterocycles. The third-order valence-electron chi connectivity index (χ3n) is 11.4. The fourth-order valence-electron chi connectivity index (χ4n) is 8.27. The standard InChI is InChI=1S/C38H44F2N4O5/c1-36(2)15-31(36)34(46)43-23-37(24-43)22-42(33(45)28-16-41-44(18-28)17-25-7-4-3-5-8-25)19-29(37)21-49-20-27-9-6-10-30(32(27)35(47)48)26-11-13-38(39,40)14-12-26/h3-10,16,18,26,29,31H,11-15,17,19-24H2,1-2H3,(H,47,48)/t29-,31+/m0/s1. The van der Waals surface area contributed by atoms with E-state index >= 15 is 0 Å². The third-order valence-corrected chi connectivity index (χ3v) is 11.4. The van der Waals surface area contributed by atoms with E-state index in [4.69, 9.17) is 4.74 Å². The molecule has 1 N–H and O–H groups in total. The molecule has 11 heteroatoms. The van der Waals surface area contributed by atoms with Gasteiger partial charge < -0.3 is 19.6 Å². The summed E-state index contributed by atoms with van der Waals surface area (Å²) in [5, 5.41) is 14.6. The second-order valence-corrected chi connectivity index (χ2v) is 15.4. The maximum absolute atomic E-state index is 13.9. The minimum atomic E-state index is -2.70. The van der Waals surface area contributed by atoms with E-state index in [0.29, 0.717) is 49.4 Å². The molecule has 4 fully saturated rings. The van der Waals surface area contributed by atoms with Gasteiger partial charge in [0.25, 0.3) is 5.91 Å². The highest BCUT2D eigenvalue weighted by Gasteiger charge is 2.60. The Morgan fingerprint density at radius 2 is 1.67 bits per heavy atom. The summed E-state index contributed by atoms with van der Waals surface area (Å²) in [4.78, 5) is 43.2. The van der Waals surface area contributed by atoms with Crippen LogP contribution in [0.5, 0.6) is 0 Å². The molecule has 1 spiro atoms. The molecule has 2 saturated heterocycles. The van der Waals surface area contributed by atoms with Gasteiger partial charge in [0.1, 0.15) is 0 Å². The molecule has 2 aliphatic heterocycles. The normalized spacial score (nSPS) is 23.8. The van der Waals surface area contributed by atoms with Crippen LogP contribution in [0.4, 0.5) is 8.78 Å². The van der Waals surface area contributed by atoms with Crippen molar-refractivity contribution in [2.45, 2.75) is 70.9 Å². The Kier molecular flexibility index (Phi) is 8.61. The molecule has 1 aromatic heterocycles. The summed E-state index contributed by atoms with van der Waals surface area (Å²) < 4.78 is 35.7. The quantitative estimate of drug-likeness (QED) is 0.279. The van der Waals surface area contributed by atoms with Crippen LogP contribution in [0, 0.1) is 22.7 Å². The Hall–Kier alpha value is -4.12. The van der Waals surface area contributed by atoms with Crippen LogP contribution < -0.4 is 0 Å². The summed E-state index contributed by atoms with van der Waals surface area (Å²) in [5.74, 6) is -4.01. The monoisotopic (exact) mass is 674 g/mol. The smallest absolute Gasteiger partial charge is 0.336 e. The van der Waals surface area contributed by atoms with Gasteiger partial charge in [0.15, 0.2) is 0 Å². The SMILES string of the molecule is CC1(C)C[C@@H]1C(=O)N1CC2(CN(C(=O)c3cnn(Cc4ccccc4)c3)C[C@H]2COCc2cccc(C3CCC(F)(F)CC3)c2C(=O)O)C1. The van der Waals surface area contributed by atoms with Crippen molar-refractivity contribution in [2.75, 3.05) is 32.8 Å². The molecule has 2 amide bonds. The number of rotatable bonds is 10. The van der Waals surface area contributed by atoms with Gasteiger partial charge >= 0.3 is 5.97 Å². The van der Waals surface area contributed by atoms with Gasteiger partial charge in [-0.05, 0) is 47.3 Å². The lowest BCUT2D eigenvalue weighted by atomic mass is 9.71. The van der Waals surface area contributed by atoms with Gasteiger partial charge in [-0.1, -0.05) is 62.4 Å². The first-order valence-electron chi connectivity index (χ1n) is 17.3. The lowest BCUT2D eigenvalue weighted by molar-refractivity contribution is -0.148. The van der Waals surface area contributed by atoms with Crippen molar-refractivity contribution in [3.8, 4) is 0 Å². The molecule has 9 nitrogen and oxygen atoms in total. The fourth-order valence-corrected chi connectivity index (χ4v) is 8.27. The Labute approximate surface area is 285 Å². The number of carbonyl (C=O) groups excluding carboxylic acids is 2. The van der Waals surface area contributed by atoms with Gasteiger partial charge in [-0.2, -0.15) is 5.10 Å². The minimum absolute atomic E-state index is 0.0226. The van der Waals surface area contributed by atoms with E-state index in [2.05, 4.69) is 18.9 Å². The van der Waals surface area contributed by atoms with E-state index < -0.39 is 11.9 Å². The molecule has 3 aromatic rings. The number of hydrogen-bond donors (Lipinski definition) is 1. The molecule has 260 valence electrons. The predicted molar refractivity (Wildman–Crippen MR) is 177 cm³/mol. The molecule has 4 aliphatic rings. The van der Waals surface area contributed by atoms with E-state index in [-0.39, 0.29) is 84.9 Å². The van der Waals surface area contributed by atoms with Crippen molar-refractivity contribution < 1.29 is 33.0 Å². The largest absolute Gasteiger partial charge is 0.478 e. The lowest BCUT2D eigenvalue weighted by Gasteiger charge is -2.51. The molecule has 0 bridgehead atoms. The summed E-state index contributed by atoms with van der Waals surface area (Å²) in [6.45, 7) is 7.13. The van der Waals surface area contributed by atoms with Crippen molar-refractivity contribution in [3.05, 3.63) is 88.7 Å². The van der Waals surface area contributed by atoms with Crippen molar-refractivity contribution >= 4 is 17.8 Å². The Bertz CT molecular complexity index is 1720. The number of amides is 2. The Morgan fingerprint density at radius 3 is 2.35 bits per heavy atom. The van der Waals surface area contributed by atoms with Crippen molar-refractivity contribution in [1.29, 1.82) is 0 Å². The van der Waals surface area contributed by atoms with Crippen LogP contribution in [0.15, 0.2) is 60.9 Å². The van der Waals surface area contributed by atoms with Crippen LogP contribution in [0.3, 0.4) is 0 Å². The summed E-state index contributed by atoms with van der Waals surface area (Å²) in [6, 6.07) is 15.1. The number of benzene rings is 2. The molecule has 7 rings (SSSR count). The summed E-state index contributed by atoms with van der Waals surface area (Å²) in [5.41, 5.74) is 2.51. The van der Waals surface area contributed by atoms with E-state index in [0.717, 1.165) is 12.0 Å². The van der Waals surface area contributed by atoms with Gasteiger partial charge in [-0.25, -0.2) is 13.6 Å². The number of alkyl halides is 2. The molecular formula is C38H44F2N4O5. The van der Waals surface area contributed by atoms with Crippen LogP contribution in [-0.2, 0) is 22.7 Å². The zero-order valence-corrected chi connectivity index (χ0v) is 28.1. The number of carbonyl (C=O) groups is 3. The van der Waals surface area contributed by atoms with Crippen molar-refractivity contribution in [2.24, 2.45) is 22.7 Å². The van der Waals surface area contributed by atoms with Gasteiger partial charge in [0.05, 0.1) is 37.1 Å². The predicted octanol–water partition coefficient (Wildman–Crippen LogP) is 6.09. The van der Waals surface area contributed by atoms with E-state index in [9.17, 15) is 28.3 Å². The molecule has 0 unspecified atom stereocenters. The summed E-state index contributed by atoms with van der Waals surface area (Å²) in [7, 11) is 0. The number of aromatic carboxylic acids is 1. The van der Waals surface area contributed by atoms with Gasteiger partial charge in [0.2, 0.25) is 11.8 Å². The first-order valence-corrected chi connectivity index (χ1v) is 17.3. The molecule has 49 heavy (non-hydrogen) atoms. The van der Waals surface area contributed by atoms with Crippen LogP contribution in [0.1, 0.15) is 89.3 Å². The second kappa shape index (κ2) is 12.6. The maximum Gasteiger partial charge on any atom is 0.336 e. The van der Waals surface area contributed by atoms with Crippen molar-refractivity contribution in [3.63, 3.8) is 0 Å². The minimum Gasteiger partial charge on any atom is -0.478 e. The molecular weight excluding hydrogens is 630 g/mol. The number of aromatic nitrogens is 2. The number of ether oxygens (including phenoxy) is 1. The number of carboxylic acid groups (broad SMARTS) is 1. The first kappa shape index (κ1) is 33.4. The molecule has 2 aliphatic carbocycles. The molecule has 2 saturated carbocycles. The van der Waals surface area contributed by atoms with E-state index in [1.54, 1.807) is 35.3 Å². The number of hydrogen-bond acceptors (Lipinski definition) is 5. The number of nitrogens with zero attached hydrogens (tertiary/aromatic N) is 4. The van der Waals surface area contributed by atoms with Crippen LogP contribution in [-0.4, -0.2) is 81.2 Å². The summed E-state index contributed by atoms with van der Waals surface area (Å²) in [6.07, 6.45) is 4.24. The Morgan fingerprint density at radius 1 is 0.980 bits per heavy atom. The van der Waals surface area contributed by atoms with E-state index in [1.807, 2.05) is 40.1 Å². The topological polar surface area (TPSA) is 105 Å². The fraction of sp³-hybridized carbons (Fsp3) is 0.526. The van der Waals surface area contributed by atoms with Gasteiger partial charge in [-0.15, -0.1) is 0 Å². The van der Waals surface area contributed by atoms with E-state index in [1.165, 1.54) is 0 Å². The molecule has 0 radical (unpaired) electrons. The number of likely N-dealkylation sites (tertiary alicyclic amines) is 2. The summed E-state index contributed by atoms with van der Waals surface area (Å²) >= 11 is 0. The number of halogens is 2. The van der Waals surface area contributed by atoms with Crippen LogP contribution in [0.25, 0.3) is 0 Å². The third kappa shape index (κ3) is 6.74. The maximum atomic E-state index is 13.9.